The summed E-state index contributed by atoms with van der Waals surface area (Å²) in [6, 6.07) is 8.93. The first-order valence-electron chi connectivity index (χ1n) is 9.51. The molecule has 2 N–H and O–H groups in total. The van der Waals surface area contributed by atoms with Gasteiger partial charge in [0.2, 0.25) is 0 Å². The minimum Gasteiger partial charge on any atom is -0.494 e. The second-order valence-electron chi connectivity index (χ2n) is 9.04. The van der Waals surface area contributed by atoms with E-state index in [4.69, 9.17) is 15.2 Å². The minimum atomic E-state index is -0.455. The number of methoxy groups -OCH3 is 2. The summed E-state index contributed by atoms with van der Waals surface area (Å²) in [5, 5.41) is 8.77. The van der Waals surface area contributed by atoms with Gasteiger partial charge in [0.15, 0.2) is 0 Å². The van der Waals surface area contributed by atoms with Crippen LogP contribution in [0.1, 0.15) is 63.0 Å². The van der Waals surface area contributed by atoms with Crippen LogP contribution in [0.15, 0.2) is 40.6 Å². The van der Waals surface area contributed by atoms with Crippen LogP contribution in [-0.4, -0.2) is 20.2 Å². The van der Waals surface area contributed by atoms with Gasteiger partial charge in [-0.2, -0.15) is 0 Å². The molecule has 0 heterocycles. The molecule has 0 aromatic heterocycles. The van der Waals surface area contributed by atoms with E-state index in [0.29, 0.717) is 28.4 Å². The second-order valence-corrected chi connectivity index (χ2v) is 9.04. The molecular weight excluding hydrogens is 366 g/mol. The molecule has 0 unspecified atom stereocenters. The molecule has 0 spiro atoms. The van der Waals surface area contributed by atoms with Crippen molar-refractivity contribution < 1.29 is 14.3 Å². The van der Waals surface area contributed by atoms with Gasteiger partial charge in [0.1, 0.15) is 17.1 Å². The summed E-state index contributed by atoms with van der Waals surface area (Å²) < 4.78 is 10.5. The molecule has 2 aromatic rings. The number of benzene rings is 2. The molecular formula is C23H31N3O3. The van der Waals surface area contributed by atoms with E-state index >= 15 is 0 Å². The van der Waals surface area contributed by atoms with Gasteiger partial charge in [-0.25, -0.2) is 4.79 Å². The van der Waals surface area contributed by atoms with E-state index < -0.39 is 5.97 Å². The molecule has 0 aliphatic rings. The summed E-state index contributed by atoms with van der Waals surface area (Å²) in [5.41, 5.74) is 9.80. The molecule has 0 aliphatic heterocycles. The van der Waals surface area contributed by atoms with Crippen LogP contribution in [0.25, 0.3) is 0 Å². The molecule has 0 saturated heterocycles. The third-order valence-corrected chi connectivity index (χ3v) is 4.66. The van der Waals surface area contributed by atoms with Gasteiger partial charge in [0, 0.05) is 5.56 Å². The van der Waals surface area contributed by atoms with Crippen molar-refractivity contribution >= 4 is 23.0 Å². The lowest BCUT2D eigenvalue weighted by molar-refractivity contribution is 0.0601. The summed E-state index contributed by atoms with van der Waals surface area (Å²) in [6.07, 6.45) is 0. The number of nitrogen functional groups attached to an aromatic ring is 1. The third kappa shape index (κ3) is 5.13. The highest BCUT2D eigenvalue weighted by Crippen LogP contribution is 2.43. The Balaban J connectivity index is 2.64. The number of nitrogens with zero attached hydrogens (tertiary/aromatic N) is 2. The summed E-state index contributed by atoms with van der Waals surface area (Å²) in [6.45, 7) is 12.9. The van der Waals surface area contributed by atoms with Crippen LogP contribution in [0.2, 0.25) is 0 Å². The molecule has 0 amide bonds. The van der Waals surface area contributed by atoms with Crippen molar-refractivity contribution in [2.45, 2.75) is 52.4 Å². The van der Waals surface area contributed by atoms with Crippen molar-refractivity contribution in [3.63, 3.8) is 0 Å². The van der Waals surface area contributed by atoms with Crippen LogP contribution < -0.4 is 10.5 Å². The zero-order valence-corrected chi connectivity index (χ0v) is 18.6. The predicted octanol–water partition coefficient (Wildman–Crippen LogP) is 6.07. The number of carbonyl (C=O) groups excluding carboxylic acids is 1. The quantitative estimate of drug-likeness (QED) is 0.385. The van der Waals surface area contributed by atoms with Crippen LogP contribution in [0, 0.1) is 0 Å². The van der Waals surface area contributed by atoms with Gasteiger partial charge < -0.3 is 15.2 Å². The van der Waals surface area contributed by atoms with Gasteiger partial charge in [-0.05, 0) is 40.7 Å². The Morgan fingerprint density at radius 2 is 1.52 bits per heavy atom. The fraction of sp³-hybridized carbons (Fsp3) is 0.435. The van der Waals surface area contributed by atoms with Gasteiger partial charge in [-0.3, -0.25) is 0 Å². The maximum absolute atomic E-state index is 11.8. The lowest BCUT2D eigenvalue weighted by atomic mass is 9.80. The standard InChI is InChI=1S/C23H31N3O3/c1-22(2,3)15-12-16(23(4,5)6)20(28-7)19(13-15)26-25-18-11-14(21(27)29-8)9-10-17(18)24/h9-13H,24H2,1-8H3. The lowest BCUT2D eigenvalue weighted by Crippen LogP contribution is -2.17. The van der Waals surface area contributed by atoms with E-state index in [1.54, 1.807) is 25.3 Å². The van der Waals surface area contributed by atoms with E-state index in [1.807, 2.05) is 6.07 Å². The first-order chi connectivity index (χ1) is 13.4. The van der Waals surface area contributed by atoms with Gasteiger partial charge in [-0.15, -0.1) is 10.2 Å². The largest absolute Gasteiger partial charge is 0.494 e. The molecule has 0 saturated carbocycles. The van der Waals surface area contributed by atoms with Crippen molar-refractivity contribution in [3.8, 4) is 5.75 Å². The van der Waals surface area contributed by atoms with Crippen molar-refractivity contribution in [1.29, 1.82) is 0 Å². The molecule has 2 aromatic carbocycles. The second kappa shape index (κ2) is 8.23. The maximum Gasteiger partial charge on any atom is 0.337 e. The summed E-state index contributed by atoms with van der Waals surface area (Å²) in [5.74, 6) is 0.223. The summed E-state index contributed by atoms with van der Waals surface area (Å²) in [4.78, 5) is 11.8. The van der Waals surface area contributed by atoms with E-state index in [1.165, 1.54) is 7.11 Å². The zero-order valence-electron chi connectivity index (χ0n) is 18.6. The van der Waals surface area contributed by atoms with Crippen molar-refractivity contribution in [2.24, 2.45) is 10.2 Å². The number of carbonyl (C=O) groups is 1. The fourth-order valence-electron chi connectivity index (χ4n) is 2.88. The first-order valence-corrected chi connectivity index (χ1v) is 9.51. The molecule has 0 fully saturated rings. The van der Waals surface area contributed by atoms with Gasteiger partial charge >= 0.3 is 5.97 Å². The molecule has 6 heteroatoms. The SMILES string of the molecule is COC(=O)c1ccc(N)c(N=Nc2cc(C(C)(C)C)cc(C(C)(C)C)c2OC)c1. The zero-order chi connectivity index (χ0) is 22.0. The van der Waals surface area contributed by atoms with Crippen LogP contribution in [0.4, 0.5) is 17.1 Å². The van der Waals surface area contributed by atoms with Crippen molar-refractivity contribution in [1.82, 2.24) is 0 Å². The third-order valence-electron chi connectivity index (χ3n) is 4.66. The maximum atomic E-state index is 11.8. The highest BCUT2D eigenvalue weighted by Gasteiger charge is 2.26. The van der Waals surface area contributed by atoms with Gasteiger partial charge in [0.05, 0.1) is 25.5 Å². The summed E-state index contributed by atoms with van der Waals surface area (Å²) in [7, 11) is 2.96. The van der Waals surface area contributed by atoms with Crippen LogP contribution in [0.5, 0.6) is 5.75 Å². The topological polar surface area (TPSA) is 86.3 Å². The molecule has 0 bridgehead atoms. The van der Waals surface area contributed by atoms with Crippen molar-refractivity contribution in [3.05, 3.63) is 47.0 Å². The Kier molecular flexibility index (Phi) is 6.36. The number of rotatable bonds is 4. The van der Waals surface area contributed by atoms with E-state index in [-0.39, 0.29) is 10.8 Å². The Bertz CT molecular complexity index is 936. The molecule has 0 aliphatic carbocycles. The van der Waals surface area contributed by atoms with E-state index in [9.17, 15) is 4.79 Å². The van der Waals surface area contributed by atoms with Crippen LogP contribution in [-0.2, 0) is 15.6 Å². The molecule has 156 valence electrons. The van der Waals surface area contributed by atoms with E-state index in [0.717, 1.165) is 11.1 Å². The average Bonchev–Trinajstić information content (AvgIpc) is 2.64. The number of esters is 1. The first kappa shape index (κ1) is 22.4. The van der Waals surface area contributed by atoms with Crippen LogP contribution in [0.3, 0.4) is 0 Å². The smallest absolute Gasteiger partial charge is 0.337 e. The Morgan fingerprint density at radius 3 is 2.03 bits per heavy atom. The lowest BCUT2D eigenvalue weighted by Gasteiger charge is -2.27. The Morgan fingerprint density at radius 1 is 0.897 bits per heavy atom. The number of azo groups is 1. The Hall–Kier alpha value is -2.89. The Labute approximate surface area is 173 Å². The number of hydrogen-bond donors (Lipinski definition) is 1. The molecule has 6 nitrogen and oxygen atoms in total. The molecule has 0 radical (unpaired) electrons. The van der Waals surface area contributed by atoms with Crippen LogP contribution >= 0.6 is 0 Å². The molecule has 29 heavy (non-hydrogen) atoms. The number of anilines is 1. The predicted molar refractivity (Wildman–Crippen MR) is 117 cm³/mol. The van der Waals surface area contributed by atoms with Crippen molar-refractivity contribution in [2.75, 3.05) is 20.0 Å². The molecule has 2 rings (SSSR count). The number of hydrogen-bond acceptors (Lipinski definition) is 6. The highest BCUT2D eigenvalue weighted by atomic mass is 16.5. The average molecular weight is 398 g/mol. The highest BCUT2D eigenvalue weighted by molar-refractivity contribution is 5.91. The number of nitrogens with two attached hydrogens (primary N) is 1. The normalized spacial score (nSPS) is 12.3. The number of ether oxygens (including phenoxy) is 2. The van der Waals surface area contributed by atoms with Gasteiger partial charge in [0.25, 0.3) is 0 Å². The minimum absolute atomic E-state index is 0.0691. The monoisotopic (exact) mass is 397 g/mol. The fourth-order valence-corrected chi connectivity index (χ4v) is 2.88. The van der Waals surface area contributed by atoms with E-state index in [2.05, 4.69) is 57.8 Å². The molecule has 0 atom stereocenters. The summed E-state index contributed by atoms with van der Waals surface area (Å²) >= 11 is 0. The van der Waals surface area contributed by atoms with Gasteiger partial charge in [-0.1, -0.05) is 47.6 Å².